The number of nitrogens with zero attached hydrogens (tertiary/aromatic N) is 1. The van der Waals surface area contributed by atoms with Crippen molar-refractivity contribution >= 4 is 29.0 Å². The average Bonchev–Trinajstić information content (AvgIpc) is 2.29. The number of thioether (sulfide) groups is 1. The van der Waals surface area contributed by atoms with Gasteiger partial charge < -0.3 is 5.32 Å². The van der Waals surface area contributed by atoms with Crippen LogP contribution in [0.3, 0.4) is 0 Å². The zero-order valence-electron chi connectivity index (χ0n) is 9.09. The van der Waals surface area contributed by atoms with Crippen molar-refractivity contribution in [3.63, 3.8) is 0 Å². The van der Waals surface area contributed by atoms with E-state index in [4.69, 9.17) is 0 Å². The van der Waals surface area contributed by atoms with Crippen LogP contribution < -0.4 is 5.32 Å². The van der Waals surface area contributed by atoms with E-state index in [-0.39, 0.29) is 23.0 Å². The lowest BCUT2D eigenvalue weighted by Crippen LogP contribution is -2.15. The van der Waals surface area contributed by atoms with E-state index >= 15 is 0 Å². The molecule has 1 rings (SSSR count). The monoisotopic (exact) mass is 252 g/mol. The molecular weight excluding hydrogens is 240 g/mol. The van der Waals surface area contributed by atoms with Gasteiger partial charge in [-0.15, -0.1) is 18.3 Å². The van der Waals surface area contributed by atoms with Gasteiger partial charge in [-0.3, -0.25) is 14.9 Å². The Morgan fingerprint density at radius 3 is 2.88 bits per heavy atom. The zero-order valence-corrected chi connectivity index (χ0v) is 9.90. The Morgan fingerprint density at radius 1 is 1.53 bits per heavy atom. The van der Waals surface area contributed by atoms with E-state index in [9.17, 15) is 14.9 Å². The van der Waals surface area contributed by atoms with Crippen LogP contribution in [-0.4, -0.2) is 22.3 Å². The standard InChI is InChI=1S/C11H12N2O3S/c1-2-7-17-8-11(14)12-9-5-3-4-6-10(9)13(15)16/h2-6H,1,7-8H2,(H,12,14). The highest BCUT2D eigenvalue weighted by Crippen LogP contribution is 2.23. The van der Waals surface area contributed by atoms with Crippen LogP contribution >= 0.6 is 11.8 Å². The van der Waals surface area contributed by atoms with Crippen molar-refractivity contribution in [2.24, 2.45) is 0 Å². The van der Waals surface area contributed by atoms with Gasteiger partial charge in [-0.25, -0.2) is 0 Å². The van der Waals surface area contributed by atoms with Gasteiger partial charge in [0.15, 0.2) is 0 Å². The summed E-state index contributed by atoms with van der Waals surface area (Å²) in [6, 6.07) is 6.06. The molecule has 0 atom stereocenters. The lowest BCUT2D eigenvalue weighted by Gasteiger charge is -2.04. The third-order valence-corrected chi connectivity index (χ3v) is 2.78. The highest BCUT2D eigenvalue weighted by molar-refractivity contribution is 8.00. The molecule has 5 nitrogen and oxygen atoms in total. The zero-order chi connectivity index (χ0) is 12.7. The van der Waals surface area contributed by atoms with Crippen molar-refractivity contribution in [3.05, 3.63) is 47.0 Å². The summed E-state index contributed by atoms with van der Waals surface area (Å²) in [5.74, 6) is 0.661. The van der Waals surface area contributed by atoms with Crippen LogP contribution in [0.15, 0.2) is 36.9 Å². The molecule has 0 aliphatic carbocycles. The maximum absolute atomic E-state index is 11.5. The van der Waals surface area contributed by atoms with Gasteiger partial charge in [-0.05, 0) is 6.07 Å². The van der Waals surface area contributed by atoms with Crippen molar-refractivity contribution in [1.82, 2.24) is 0 Å². The third-order valence-electron chi connectivity index (χ3n) is 1.84. The molecule has 0 bridgehead atoms. The fourth-order valence-corrected chi connectivity index (χ4v) is 1.70. The SMILES string of the molecule is C=CCSCC(=O)Nc1ccccc1[N+](=O)[O-]. The molecule has 1 aromatic rings. The van der Waals surface area contributed by atoms with Gasteiger partial charge in [0, 0.05) is 11.8 Å². The van der Waals surface area contributed by atoms with Crippen molar-refractivity contribution in [3.8, 4) is 0 Å². The van der Waals surface area contributed by atoms with Gasteiger partial charge in [0.1, 0.15) is 5.69 Å². The molecule has 17 heavy (non-hydrogen) atoms. The first kappa shape index (κ1) is 13.2. The summed E-state index contributed by atoms with van der Waals surface area (Å²) in [5.41, 5.74) is 0.122. The van der Waals surface area contributed by atoms with E-state index in [2.05, 4.69) is 11.9 Å². The molecule has 0 unspecified atom stereocenters. The Labute approximate surface area is 103 Å². The Kier molecular flexibility index (Phi) is 5.22. The largest absolute Gasteiger partial charge is 0.320 e. The minimum Gasteiger partial charge on any atom is -0.320 e. The number of nitro benzene ring substituents is 1. The number of anilines is 1. The summed E-state index contributed by atoms with van der Waals surface area (Å²) in [5, 5.41) is 13.2. The molecule has 1 aromatic carbocycles. The van der Waals surface area contributed by atoms with Crippen molar-refractivity contribution in [2.45, 2.75) is 0 Å². The molecule has 0 heterocycles. The predicted octanol–water partition coefficient (Wildman–Crippen LogP) is 2.45. The van der Waals surface area contributed by atoms with Crippen molar-refractivity contribution < 1.29 is 9.72 Å². The minimum atomic E-state index is -0.521. The van der Waals surface area contributed by atoms with Gasteiger partial charge in [-0.2, -0.15) is 0 Å². The van der Waals surface area contributed by atoms with Crippen LogP contribution in [0.5, 0.6) is 0 Å². The minimum absolute atomic E-state index is 0.102. The molecule has 0 spiro atoms. The number of carbonyl (C=O) groups is 1. The lowest BCUT2D eigenvalue weighted by molar-refractivity contribution is -0.383. The maximum Gasteiger partial charge on any atom is 0.292 e. The molecule has 6 heteroatoms. The van der Waals surface area contributed by atoms with Crippen LogP contribution in [0, 0.1) is 10.1 Å². The summed E-state index contributed by atoms with van der Waals surface area (Å²) in [6.07, 6.45) is 1.70. The smallest absolute Gasteiger partial charge is 0.292 e. The number of amides is 1. The van der Waals surface area contributed by atoms with E-state index in [0.29, 0.717) is 5.75 Å². The molecule has 0 aliphatic rings. The van der Waals surface area contributed by atoms with Gasteiger partial charge in [0.25, 0.3) is 5.69 Å². The van der Waals surface area contributed by atoms with Crippen LogP contribution in [0.2, 0.25) is 0 Å². The molecule has 0 radical (unpaired) electrons. The van der Waals surface area contributed by atoms with E-state index in [1.807, 2.05) is 0 Å². The second-order valence-corrected chi connectivity index (χ2v) is 4.16. The Balaban J connectivity index is 2.64. The Hall–Kier alpha value is -1.82. The summed E-state index contributed by atoms with van der Waals surface area (Å²) < 4.78 is 0. The van der Waals surface area contributed by atoms with E-state index < -0.39 is 4.92 Å². The molecule has 0 saturated carbocycles. The summed E-state index contributed by atoms with van der Waals surface area (Å²) >= 11 is 1.39. The van der Waals surface area contributed by atoms with Crippen LogP contribution in [0.4, 0.5) is 11.4 Å². The Morgan fingerprint density at radius 2 is 2.24 bits per heavy atom. The number of benzene rings is 1. The van der Waals surface area contributed by atoms with Crippen LogP contribution in [0.25, 0.3) is 0 Å². The topological polar surface area (TPSA) is 72.2 Å². The van der Waals surface area contributed by atoms with Gasteiger partial charge in [0.2, 0.25) is 5.91 Å². The highest BCUT2D eigenvalue weighted by Gasteiger charge is 2.14. The normalized spacial score (nSPS) is 9.65. The van der Waals surface area contributed by atoms with E-state index in [0.717, 1.165) is 0 Å². The van der Waals surface area contributed by atoms with Gasteiger partial charge >= 0.3 is 0 Å². The number of hydrogen-bond donors (Lipinski definition) is 1. The molecular formula is C11H12N2O3S. The molecule has 90 valence electrons. The molecule has 0 aromatic heterocycles. The van der Waals surface area contributed by atoms with Gasteiger partial charge in [0.05, 0.1) is 10.7 Å². The molecule has 1 N–H and O–H groups in total. The molecule has 0 aliphatic heterocycles. The number of nitro groups is 1. The fraction of sp³-hybridized carbons (Fsp3) is 0.182. The summed E-state index contributed by atoms with van der Waals surface area (Å²) in [4.78, 5) is 21.7. The first-order valence-corrected chi connectivity index (χ1v) is 6.02. The molecule has 0 saturated heterocycles. The second kappa shape index (κ2) is 6.70. The molecule has 1 amide bonds. The lowest BCUT2D eigenvalue weighted by atomic mass is 10.2. The maximum atomic E-state index is 11.5. The third kappa shape index (κ3) is 4.28. The van der Waals surface area contributed by atoms with Crippen LogP contribution in [-0.2, 0) is 4.79 Å². The number of rotatable bonds is 6. The number of hydrogen-bond acceptors (Lipinski definition) is 4. The second-order valence-electron chi connectivity index (χ2n) is 3.13. The van der Waals surface area contributed by atoms with Crippen LogP contribution in [0.1, 0.15) is 0 Å². The Bertz CT molecular complexity index is 434. The first-order chi connectivity index (χ1) is 8.15. The number of carbonyl (C=O) groups excluding carboxylic acids is 1. The first-order valence-electron chi connectivity index (χ1n) is 4.87. The number of para-hydroxylation sites is 2. The van der Waals surface area contributed by atoms with Crippen molar-refractivity contribution in [2.75, 3.05) is 16.8 Å². The predicted molar refractivity (Wildman–Crippen MR) is 69.2 cm³/mol. The summed E-state index contributed by atoms with van der Waals surface area (Å²) in [7, 11) is 0. The van der Waals surface area contributed by atoms with E-state index in [1.54, 1.807) is 18.2 Å². The quantitative estimate of drug-likeness (QED) is 0.365. The molecule has 0 fully saturated rings. The highest BCUT2D eigenvalue weighted by atomic mass is 32.2. The average molecular weight is 252 g/mol. The number of nitrogens with one attached hydrogen (secondary N) is 1. The van der Waals surface area contributed by atoms with Crippen molar-refractivity contribution in [1.29, 1.82) is 0 Å². The fourth-order valence-electron chi connectivity index (χ4n) is 1.16. The van der Waals surface area contributed by atoms with Gasteiger partial charge in [-0.1, -0.05) is 18.2 Å². The summed E-state index contributed by atoms with van der Waals surface area (Å²) in [6.45, 7) is 3.54. The van der Waals surface area contributed by atoms with E-state index in [1.165, 1.54) is 23.9 Å².